The molecule has 92 valence electrons. The minimum absolute atomic E-state index is 0.0525. The second kappa shape index (κ2) is 4.44. The summed E-state index contributed by atoms with van der Waals surface area (Å²) in [6.45, 7) is 1.34. The predicted octanol–water partition coefficient (Wildman–Crippen LogP) is -0.704. The lowest BCUT2D eigenvalue weighted by Gasteiger charge is -2.18. The van der Waals surface area contributed by atoms with Crippen molar-refractivity contribution < 1.29 is 9.59 Å². The molecular weight excluding hydrogens is 222 g/mol. The average molecular weight is 237 g/mol. The summed E-state index contributed by atoms with van der Waals surface area (Å²) in [4.78, 5) is 26.8. The number of amides is 2. The molecule has 1 fully saturated rings. The van der Waals surface area contributed by atoms with Crippen molar-refractivity contribution in [3.8, 4) is 0 Å². The molecule has 0 unspecified atom stereocenters. The van der Waals surface area contributed by atoms with Gasteiger partial charge in [-0.1, -0.05) is 0 Å². The van der Waals surface area contributed by atoms with Gasteiger partial charge in [0, 0.05) is 26.2 Å². The van der Waals surface area contributed by atoms with E-state index >= 15 is 0 Å². The minimum atomic E-state index is -0.238. The van der Waals surface area contributed by atoms with Crippen LogP contribution in [-0.2, 0) is 4.79 Å². The number of H-pyrrole nitrogens is 1. The van der Waals surface area contributed by atoms with Crippen LogP contribution < -0.4 is 5.73 Å². The zero-order valence-corrected chi connectivity index (χ0v) is 9.64. The molecule has 0 aromatic carbocycles. The van der Waals surface area contributed by atoms with Crippen LogP contribution in [0.4, 0.5) is 5.82 Å². The Morgan fingerprint density at radius 1 is 1.53 bits per heavy atom. The third-order valence-electron chi connectivity index (χ3n) is 2.79. The summed E-state index contributed by atoms with van der Waals surface area (Å²) >= 11 is 0. The van der Waals surface area contributed by atoms with E-state index in [0.717, 1.165) is 6.42 Å². The zero-order valence-electron chi connectivity index (χ0n) is 9.64. The molecule has 1 aliphatic heterocycles. The topological polar surface area (TPSA) is 95.3 Å². The summed E-state index contributed by atoms with van der Waals surface area (Å²) in [6, 6.07) is 1.47. The number of nitrogens with two attached hydrogens (primary N) is 1. The molecule has 2 amide bonds. The summed E-state index contributed by atoms with van der Waals surface area (Å²) in [5.74, 6) is -0.0206. The number of aromatic amines is 1. The van der Waals surface area contributed by atoms with Gasteiger partial charge in [-0.25, -0.2) is 0 Å². The number of hydrogen-bond acceptors (Lipinski definition) is 4. The molecule has 17 heavy (non-hydrogen) atoms. The first-order valence-corrected chi connectivity index (χ1v) is 5.42. The van der Waals surface area contributed by atoms with Gasteiger partial charge in [0.2, 0.25) is 5.91 Å². The van der Waals surface area contributed by atoms with E-state index in [9.17, 15) is 9.59 Å². The van der Waals surface area contributed by atoms with Crippen LogP contribution in [0.15, 0.2) is 6.07 Å². The summed E-state index contributed by atoms with van der Waals surface area (Å²) in [5, 5.41) is 6.26. The zero-order chi connectivity index (χ0) is 12.4. The summed E-state index contributed by atoms with van der Waals surface area (Å²) in [6.07, 6.45) is 0.775. The fraction of sp³-hybridized carbons (Fsp3) is 0.500. The highest BCUT2D eigenvalue weighted by atomic mass is 16.2. The standard InChI is InChI=1S/C10H15N5O2/c1-14-3-2-4-15(6-9(14)16)10(17)7-5-8(11)13-12-7/h5H,2-4,6H2,1H3,(H3,11,12,13). The van der Waals surface area contributed by atoms with Crippen LogP contribution in [0.2, 0.25) is 0 Å². The van der Waals surface area contributed by atoms with E-state index in [-0.39, 0.29) is 24.2 Å². The van der Waals surface area contributed by atoms with Crippen molar-refractivity contribution in [1.82, 2.24) is 20.0 Å². The van der Waals surface area contributed by atoms with Crippen LogP contribution in [0.25, 0.3) is 0 Å². The van der Waals surface area contributed by atoms with Gasteiger partial charge in [0.1, 0.15) is 18.1 Å². The number of nitrogen functional groups attached to an aromatic ring is 1. The van der Waals surface area contributed by atoms with Crippen LogP contribution in [0.1, 0.15) is 16.9 Å². The Hall–Kier alpha value is -2.05. The summed E-state index contributed by atoms with van der Waals surface area (Å²) in [5.41, 5.74) is 5.76. The highest BCUT2D eigenvalue weighted by Crippen LogP contribution is 2.09. The molecule has 1 aliphatic rings. The number of nitrogens with one attached hydrogen (secondary N) is 1. The molecule has 0 radical (unpaired) electrons. The summed E-state index contributed by atoms with van der Waals surface area (Å²) < 4.78 is 0. The van der Waals surface area contributed by atoms with E-state index < -0.39 is 0 Å². The largest absolute Gasteiger partial charge is 0.382 e. The Bertz CT molecular complexity index is 442. The number of carbonyl (C=O) groups excluding carboxylic acids is 2. The van der Waals surface area contributed by atoms with E-state index in [0.29, 0.717) is 18.8 Å². The average Bonchev–Trinajstić information content (AvgIpc) is 2.65. The molecule has 2 heterocycles. The number of hydrogen-bond donors (Lipinski definition) is 2. The third-order valence-corrected chi connectivity index (χ3v) is 2.79. The number of anilines is 1. The molecule has 2 rings (SSSR count). The maximum atomic E-state index is 12.0. The van der Waals surface area contributed by atoms with Crippen LogP contribution in [0.3, 0.4) is 0 Å². The molecule has 0 aliphatic carbocycles. The molecule has 1 aromatic rings. The molecule has 7 heteroatoms. The number of rotatable bonds is 1. The Balaban J connectivity index is 2.11. The van der Waals surface area contributed by atoms with Crippen molar-refractivity contribution in [2.24, 2.45) is 0 Å². The first-order chi connectivity index (χ1) is 8.08. The SMILES string of the molecule is CN1CCCN(C(=O)c2cc(N)n[nH]2)CC1=O. The molecule has 7 nitrogen and oxygen atoms in total. The van der Waals surface area contributed by atoms with E-state index in [1.807, 2.05) is 0 Å². The lowest BCUT2D eigenvalue weighted by Crippen LogP contribution is -2.38. The fourth-order valence-electron chi connectivity index (χ4n) is 1.78. The molecule has 0 bridgehead atoms. The number of likely N-dealkylation sites (N-methyl/N-ethyl adjacent to an activating group) is 1. The highest BCUT2D eigenvalue weighted by molar-refractivity contribution is 5.95. The van der Waals surface area contributed by atoms with Crippen LogP contribution in [0, 0.1) is 0 Å². The number of aromatic nitrogens is 2. The van der Waals surface area contributed by atoms with Crippen molar-refractivity contribution in [3.63, 3.8) is 0 Å². The third kappa shape index (κ3) is 2.38. The van der Waals surface area contributed by atoms with Gasteiger partial charge in [-0.2, -0.15) is 5.10 Å². The number of nitrogens with zero attached hydrogens (tertiary/aromatic N) is 3. The predicted molar refractivity (Wildman–Crippen MR) is 61.2 cm³/mol. The van der Waals surface area contributed by atoms with Gasteiger partial charge in [-0.15, -0.1) is 0 Å². The van der Waals surface area contributed by atoms with Crippen molar-refractivity contribution in [2.45, 2.75) is 6.42 Å². The van der Waals surface area contributed by atoms with Crippen molar-refractivity contribution >= 4 is 17.6 Å². The monoisotopic (exact) mass is 237 g/mol. The Labute approximate surface area is 98.6 Å². The van der Waals surface area contributed by atoms with Crippen molar-refractivity contribution in [3.05, 3.63) is 11.8 Å². The Kier molecular flexibility index (Phi) is 2.99. The van der Waals surface area contributed by atoms with Crippen LogP contribution in [0.5, 0.6) is 0 Å². The van der Waals surface area contributed by atoms with Crippen LogP contribution >= 0.6 is 0 Å². The van der Waals surface area contributed by atoms with E-state index in [1.54, 1.807) is 11.9 Å². The van der Waals surface area contributed by atoms with E-state index in [4.69, 9.17) is 5.73 Å². The summed E-state index contributed by atoms with van der Waals surface area (Å²) in [7, 11) is 1.74. The number of carbonyl (C=O) groups is 2. The normalized spacial score (nSPS) is 17.1. The molecular formula is C10H15N5O2. The molecule has 1 saturated heterocycles. The molecule has 1 aromatic heterocycles. The molecule has 0 atom stereocenters. The van der Waals surface area contributed by atoms with E-state index in [1.165, 1.54) is 11.0 Å². The second-order valence-electron chi connectivity index (χ2n) is 4.10. The smallest absolute Gasteiger partial charge is 0.272 e. The Morgan fingerprint density at radius 3 is 2.94 bits per heavy atom. The van der Waals surface area contributed by atoms with Crippen LogP contribution in [-0.4, -0.2) is 58.5 Å². The van der Waals surface area contributed by atoms with Gasteiger partial charge in [-0.3, -0.25) is 14.7 Å². The van der Waals surface area contributed by atoms with Gasteiger partial charge in [-0.05, 0) is 6.42 Å². The maximum absolute atomic E-state index is 12.0. The Morgan fingerprint density at radius 2 is 2.29 bits per heavy atom. The van der Waals surface area contributed by atoms with Gasteiger partial charge in [0.05, 0.1) is 0 Å². The maximum Gasteiger partial charge on any atom is 0.272 e. The van der Waals surface area contributed by atoms with Gasteiger partial charge in [0.25, 0.3) is 5.91 Å². The molecule has 0 saturated carbocycles. The fourth-order valence-corrected chi connectivity index (χ4v) is 1.78. The van der Waals surface area contributed by atoms with E-state index in [2.05, 4.69) is 10.2 Å². The first-order valence-electron chi connectivity index (χ1n) is 5.42. The quantitative estimate of drug-likeness (QED) is 0.675. The van der Waals surface area contributed by atoms with Gasteiger partial charge < -0.3 is 15.5 Å². The lowest BCUT2D eigenvalue weighted by molar-refractivity contribution is -0.129. The van der Waals surface area contributed by atoms with Crippen molar-refractivity contribution in [1.29, 1.82) is 0 Å². The van der Waals surface area contributed by atoms with Gasteiger partial charge in [0.15, 0.2) is 0 Å². The first kappa shape index (κ1) is 11.4. The highest BCUT2D eigenvalue weighted by Gasteiger charge is 2.24. The second-order valence-corrected chi connectivity index (χ2v) is 4.10. The molecule has 0 spiro atoms. The molecule has 3 N–H and O–H groups in total. The minimum Gasteiger partial charge on any atom is -0.382 e. The lowest BCUT2D eigenvalue weighted by atomic mass is 10.3. The van der Waals surface area contributed by atoms with Crippen molar-refractivity contribution in [2.75, 3.05) is 32.4 Å². The van der Waals surface area contributed by atoms with Gasteiger partial charge >= 0.3 is 0 Å².